The summed E-state index contributed by atoms with van der Waals surface area (Å²) < 4.78 is 4.53. The van der Waals surface area contributed by atoms with Gasteiger partial charge in [0.05, 0.1) is 7.11 Å². The van der Waals surface area contributed by atoms with Crippen LogP contribution in [0.2, 0.25) is 0 Å². The van der Waals surface area contributed by atoms with Gasteiger partial charge in [-0.2, -0.15) is 0 Å². The van der Waals surface area contributed by atoms with Crippen molar-refractivity contribution in [1.82, 2.24) is 0 Å². The second kappa shape index (κ2) is 2.92. The molecule has 1 heterocycles. The van der Waals surface area contributed by atoms with Crippen LogP contribution in [-0.4, -0.2) is 18.3 Å². The Bertz CT molecular complexity index is 134. The molecule has 0 aromatic heterocycles. The fourth-order valence-corrected chi connectivity index (χ4v) is 1.51. The van der Waals surface area contributed by atoms with Crippen molar-refractivity contribution in [2.75, 3.05) is 7.11 Å². The third-order valence-electron chi connectivity index (χ3n) is 1.15. The van der Waals surface area contributed by atoms with E-state index in [1.807, 2.05) is 11.5 Å². The lowest BCUT2D eigenvalue weighted by Crippen LogP contribution is -2.15. The molecule has 1 rings (SSSR count). The van der Waals surface area contributed by atoms with E-state index in [-0.39, 0.29) is 11.2 Å². The Balaban J connectivity index is 2.36. The predicted molar refractivity (Wildman–Crippen MR) is 37.2 cm³/mol. The summed E-state index contributed by atoms with van der Waals surface area (Å²) >= 11 is 1.52. The quantitative estimate of drug-likeness (QED) is 0.517. The van der Waals surface area contributed by atoms with Gasteiger partial charge in [0.15, 0.2) is 0 Å². The molecule has 2 nitrogen and oxygen atoms in total. The number of rotatable bonds is 1. The SMILES string of the molecule is COC(=O)C1CC=CS1. The van der Waals surface area contributed by atoms with Crippen molar-refractivity contribution < 1.29 is 9.53 Å². The van der Waals surface area contributed by atoms with Crippen molar-refractivity contribution in [3.8, 4) is 0 Å². The van der Waals surface area contributed by atoms with E-state index < -0.39 is 0 Å². The normalized spacial score (nSPS) is 24.3. The fourth-order valence-electron chi connectivity index (χ4n) is 0.668. The lowest BCUT2D eigenvalue weighted by molar-refractivity contribution is -0.139. The highest BCUT2D eigenvalue weighted by atomic mass is 32.2. The molecular weight excluding hydrogens is 136 g/mol. The van der Waals surface area contributed by atoms with E-state index in [1.54, 1.807) is 0 Å². The zero-order valence-corrected chi connectivity index (χ0v) is 5.98. The predicted octanol–water partition coefficient (Wildman–Crippen LogP) is 1.18. The maximum Gasteiger partial charge on any atom is 0.319 e. The van der Waals surface area contributed by atoms with Gasteiger partial charge in [0.2, 0.25) is 0 Å². The summed E-state index contributed by atoms with van der Waals surface area (Å²) in [7, 11) is 1.42. The highest BCUT2D eigenvalue weighted by molar-refractivity contribution is 8.03. The number of esters is 1. The minimum atomic E-state index is -0.120. The Labute approximate surface area is 58.3 Å². The van der Waals surface area contributed by atoms with E-state index in [2.05, 4.69) is 4.74 Å². The Morgan fingerprint density at radius 3 is 3.11 bits per heavy atom. The molecule has 0 amide bonds. The Hall–Kier alpha value is -0.440. The molecule has 0 saturated carbocycles. The van der Waals surface area contributed by atoms with Crippen LogP contribution in [0.3, 0.4) is 0 Å². The summed E-state index contributed by atoms with van der Waals surface area (Å²) in [6, 6.07) is 0. The molecule has 0 saturated heterocycles. The summed E-state index contributed by atoms with van der Waals surface area (Å²) in [5, 5.41) is 1.96. The largest absolute Gasteiger partial charge is 0.468 e. The third kappa shape index (κ3) is 1.48. The summed E-state index contributed by atoms with van der Waals surface area (Å²) in [6.07, 6.45) is 2.80. The molecule has 0 fully saturated rings. The first kappa shape index (κ1) is 6.68. The topological polar surface area (TPSA) is 26.3 Å². The van der Waals surface area contributed by atoms with Gasteiger partial charge in [-0.1, -0.05) is 6.08 Å². The second-order valence-electron chi connectivity index (χ2n) is 1.76. The van der Waals surface area contributed by atoms with Gasteiger partial charge in [0.25, 0.3) is 0 Å². The number of hydrogen-bond donors (Lipinski definition) is 0. The van der Waals surface area contributed by atoms with Crippen LogP contribution in [0.4, 0.5) is 0 Å². The Morgan fingerprint density at radius 2 is 2.67 bits per heavy atom. The van der Waals surface area contributed by atoms with Gasteiger partial charge < -0.3 is 4.74 Å². The molecule has 0 aromatic rings. The Morgan fingerprint density at radius 1 is 1.89 bits per heavy atom. The van der Waals surface area contributed by atoms with Crippen molar-refractivity contribution in [2.24, 2.45) is 0 Å². The number of carbonyl (C=O) groups excluding carboxylic acids is 1. The van der Waals surface area contributed by atoms with Crippen LogP contribution >= 0.6 is 11.8 Å². The average molecular weight is 144 g/mol. The van der Waals surface area contributed by atoms with Crippen LogP contribution in [0.25, 0.3) is 0 Å². The third-order valence-corrected chi connectivity index (χ3v) is 2.22. The van der Waals surface area contributed by atoms with E-state index >= 15 is 0 Å². The zero-order chi connectivity index (χ0) is 6.69. The average Bonchev–Trinajstić information content (AvgIpc) is 2.37. The first-order valence-corrected chi connectivity index (χ1v) is 3.67. The minimum Gasteiger partial charge on any atom is -0.468 e. The lowest BCUT2D eigenvalue weighted by atomic mass is 10.3. The number of ether oxygens (including phenoxy) is 1. The van der Waals surface area contributed by atoms with E-state index in [4.69, 9.17) is 0 Å². The molecule has 0 aliphatic carbocycles. The Kier molecular flexibility index (Phi) is 2.16. The molecule has 1 aliphatic heterocycles. The lowest BCUT2D eigenvalue weighted by Gasteiger charge is -2.03. The summed E-state index contributed by atoms with van der Waals surface area (Å²) in [6.45, 7) is 0. The van der Waals surface area contributed by atoms with Crippen molar-refractivity contribution >= 4 is 17.7 Å². The van der Waals surface area contributed by atoms with E-state index in [9.17, 15) is 4.79 Å². The van der Waals surface area contributed by atoms with E-state index in [1.165, 1.54) is 18.9 Å². The molecule has 50 valence electrons. The van der Waals surface area contributed by atoms with Gasteiger partial charge in [-0.15, -0.1) is 11.8 Å². The van der Waals surface area contributed by atoms with Crippen LogP contribution in [-0.2, 0) is 9.53 Å². The first-order valence-electron chi connectivity index (χ1n) is 2.73. The summed E-state index contributed by atoms with van der Waals surface area (Å²) in [5.74, 6) is -0.120. The number of allylic oxidation sites excluding steroid dienone is 1. The van der Waals surface area contributed by atoms with Crippen molar-refractivity contribution in [3.05, 3.63) is 11.5 Å². The maximum absolute atomic E-state index is 10.7. The summed E-state index contributed by atoms with van der Waals surface area (Å²) in [4.78, 5) is 10.7. The van der Waals surface area contributed by atoms with Gasteiger partial charge in [-0.3, -0.25) is 4.79 Å². The van der Waals surface area contributed by atoms with E-state index in [0.29, 0.717) is 0 Å². The molecule has 3 heteroatoms. The fraction of sp³-hybridized carbons (Fsp3) is 0.500. The minimum absolute atomic E-state index is 0.0231. The molecule has 0 N–H and O–H groups in total. The van der Waals surface area contributed by atoms with Crippen molar-refractivity contribution in [1.29, 1.82) is 0 Å². The molecule has 0 aromatic carbocycles. The molecule has 0 spiro atoms. The van der Waals surface area contributed by atoms with E-state index in [0.717, 1.165) is 6.42 Å². The molecule has 0 bridgehead atoms. The molecule has 0 radical (unpaired) electrons. The van der Waals surface area contributed by atoms with Crippen LogP contribution in [0.15, 0.2) is 11.5 Å². The number of methoxy groups -OCH3 is 1. The van der Waals surface area contributed by atoms with Gasteiger partial charge >= 0.3 is 5.97 Å². The van der Waals surface area contributed by atoms with Gasteiger partial charge in [-0.25, -0.2) is 0 Å². The van der Waals surface area contributed by atoms with Crippen molar-refractivity contribution in [3.63, 3.8) is 0 Å². The van der Waals surface area contributed by atoms with Gasteiger partial charge in [0, 0.05) is 0 Å². The number of hydrogen-bond acceptors (Lipinski definition) is 3. The number of thioether (sulfide) groups is 1. The molecule has 9 heavy (non-hydrogen) atoms. The van der Waals surface area contributed by atoms with Gasteiger partial charge in [0.1, 0.15) is 5.25 Å². The van der Waals surface area contributed by atoms with Crippen LogP contribution in [0.5, 0.6) is 0 Å². The van der Waals surface area contributed by atoms with Crippen LogP contribution < -0.4 is 0 Å². The van der Waals surface area contributed by atoms with Crippen LogP contribution in [0.1, 0.15) is 6.42 Å². The number of carbonyl (C=O) groups is 1. The maximum atomic E-state index is 10.7. The molecule has 1 aliphatic rings. The monoisotopic (exact) mass is 144 g/mol. The van der Waals surface area contributed by atoms with Crippen LogP contribution in [0, 0.1) is 0 Å². The smallest absolute Gasteiger partial charge is 0.319 e. The van der Waals surface area contributed by atoms with Crippen molar-refractivity contribution in [2.45, 2.75) is 11.7 Å². The molecule has 1 atom stereocenters. The standard InChI is InChI=1S/C6H8O2S/c1-8-6(7)5-3-2-4-9-5/h2,4-5H,3H2,1H3. The highest BCUT2D eigenvalue weighted by Gasteiger charge is 2.19. The first-order chi connectivity index (χ1) is 4.34. The zero-order valence-electron chi connectivity index (χ0n) is 5.16. The summed E-state index contributed by atoms with van der Waals surface area (Å²) in [5.41, 5.74) is 0. The molecule has 1 unspecified atom stereocenters. The highest BCUT2D eigenvalue weighted by Crippen LogP contribution is 2.24. The van der Waals surface area contributed by atoms with Gasteiger partial charge in [-0.05, 0) is 11.8 Å². The molecular formula is C6H8O2S. The second-order valence-corrected chi connectivity index (χ2v) is 2.87.